The summed E-state index contributed by atoms with van der Waals surface area (Å²) in [4.78, 5) is 19.1. The number of amides is 1. The Bertz CT molecular complexity index is 565. The number of hydrogen-bond donors (Lipinski definition) is 2. The topological polar surface area (TPSA) is 79.5 Å². The van der Waals surface area contributed by atoms with Crippen molar-refractivity contribution in [3.63, 3.8) is 0 Å². The van der Waals surface area contributed by atoms with Crippen LogP contribution in [-0.4, -0.2) is 45.6 Å². The van der Waals surface area contributed by atoms with Gasteiger partial charge in [0.05, 0.1) is 6.10 Å². The predicted molar refractivity (Wildman–Crippen MR) is 93.2 cm³/mol. The Morgan fingerprint density at radius 3 is 2.96 bits per heavy atom. The number of nitrogens with zero attached hydrogens (tertiary/aromatic N) is 2. The number of nitrogens with two attached hydrogens (primary N) is 1. The molecule has 1 aliphatic heterocycles. The summed E-state index contributed by atoms with van der Waals surface area (Å²) >= 11 is 0. The molecule has 1 aromatic heterocycles. The molecule has 2 heterocycles. The molecular weight excluding hydrogens is 302 g/mol. The van der Waals surface area contributed by atoms with E-state index in [9.17, 15) is 9.90 Å². The van der Waals surface area contributed by atoms with Crippen molar-refractivity contribution in [3.05, 3.63) is 30.1 Å². The summed E-state index contributed by atoms with van der Waals surface area (Å²) in [7, 11) is 0. The average molecular weight is 331 g/mol. The lowest BCUT2D eigenvalue weighted by molar-refractivity contribution is -0.135. The van der Waals surface area contributed by atoms with E-state index in [0.717, 1.165) is 37.7 Å². The Morgan fingerprint density at radius 1 is 1.46 bits per heavy atom. The van der Waals surface area contributed by atoms with Gasteiger partial charge in [0.2, 0.25) is 5.91 Å². The number of aryl methyl sites for hydroxylation is 1. The van der Waals surface area contributed by atoms with E-state index >= 15 is 0 Å². The smallest absolute Gasteiger partial charge is 0.223 e. The summed E-state index contributed by atoms with van der Waals surface area (Å²) in [6, 6.07) is 4.07. The van der Waals surface area contributed by atoms with Crippen molar-refractivity contribution in [3.8, 4) is 0 Å². The number of carbonyl (C=O) groups excluding carboxylic acids is 1. The fraction of sp³-hybridized carbons (Fsp3) is 0.684. The van der Waals surface area contributed by atoms with Gasteiger partial charge in [0.15, 0.2) is 0 Å². The van der Waals surface area contributed by atoms with Crippen molar-refractivity contribution < 1.29 is 9.90 Å². The molecule has 0 bridgehead atoms. The number of aromatic nitrogens is 1. The summed E-state index contributed by atoms with van der Waals surface area (Å²) in [5, 5.41) is 10.7. The van der Waals surface area contributed by atoms with E-state index in [1.165, 1.54) is 0 Å². The first kappa shape index (κ1) is 17.4. The first-order valence-electron chi connectivity index (χ1n) is 9.14. The van der Waals surface area contributed by atoms with Gasteiger partial charge in [-0.3, -0.25) is 9.78 Å². The van der Waals surface area contributed by atoms with Crippen molar-refractivity contribution >= 4 is 5.91 Å². The molecule has 2 aliphatic rings. The molecule has 3 rings (SSSR count). The van der Waals surface area contributed by atoms with Gasteiger partial charge in [-0.15, -0.1) is 0 Å². The molecule has 5 nitrogen and oxygen atoms in total. The molecule has 132 valence electrons. The third-order valence-corrected chi connectivity index (χ3v) is 6.04. The van der Waals surface area contributed by atoms with Gasteiger partial charge >= 0.3 is 0 Å². The molecule has 2 fully saturated rings. The molecule has 1 aliphatic carbocycles. The minimum absolute atomic E-state index is 0.0501. The molecule has 0 aromatic carbocycles. The molecule has 3 N–H and O–H groups in total. The maximum atomic E-state index is 13.0. The summed E-state index contributed by atoms with van der Waals surface area (Å²) in [5.41, 5.74) is 6.85. The fourth-order valence-corrected chi connectivity index (χ4v) is 4.65. The number of aliphatic hydroxyl groups is 1. The van der Waals surface area contributed by atoms with Crippen LogP contribution >= 0.6 is 0 Å². The van der Waals surface area contributed by atoms with Crippen LogP contribution in [0.2, 0.25) is 0 Å². The number of carbonyl (C=O) groups is 1. The van der Waals surface area contributed by atoms with E-state index < -0.39 is 0 Å². The SMILES string of the molecule is C[C@@]12C[C@H](CN)N(C(=O)CCc3cccnc3)[C@@H]1CCCC[C@H]2O. The zero-order chi connectivity index (χ0) is 17.2. The van der Waals surface area contributed by atoms with Crippen LogP contribution in [0.5, 0.6) is 0 Å². The highest BCUT2D eigenvalue weighted by molar-refractivity contribution is 5.77. The molecule has 0 unspecified atom stereocenters. The molecule has 0 spiro atoms. The number of rotatable bonds is 4. The van der Waals surface area contributed by atoms with Crippen molar-refractivity contribution in [2.24, 2.45) is 11.1 Å². The second kappa shape index (κ2) is 7.19. The van der Waals surface area contributed by atoms with E-state index in [2.05, 4.69) is 11.9 Å². The lowest BCUT2D eigenvalue weighted by Crippen LogP contribution is -2.48. The van der Waals surface area contributed by atoms with Gasteiger partial charge in [-0.25, -0.2) is 0 Å². The second-order valence-corrected chi connectivity index (χ2v) is 7.58. The second-order valence-electron chi connectivity index (χ2n) is 7.58. The van der Waals surface area contributed by atoms with Gasteiger partial charge in [-0.1, -0.05) is 25.8 Å². The van der Waals surface area contributed by atoms with E-state index in [0.29, 0.717) is 19.4 Å². The summed E-state index contributed by atoms with van der Waals surface area (Å²) in [6.45, 7) is 2.61. The van der Waals surface area contributed by atoms with E-state index in [-0.39, 0.29) is 29.5 Å². The van der Waals surface area contributed by atoms with E-state index in [1.54, 1.807) is 6.20 Å². The number of fused-ring (bicyclic) bond motifs is 1. The highest BCUT2D eigenvalue weighted by Crippen LogP contribution is 2.48. The highest BCUT2D eigenvalue weighted by Gasteiger charge is 2.54. The van der Waals surface area contributed by atoms with Crippen LogP contribution in [0.4, 0.5) is 0 Å². The van der Waals surface area contributed by atoms with Crippen LogP contribution in [0.1, 0.15) is 51.0 Å². The quantitative estimate of drug-likeness (QED) is 0.883. The van der Waals surface area contributed by atoms with Crippen molar-refractivity contribution in [1.82, 2.24) is 9.88 Å². The van der Waals surface area contributed by atoms with Crippen molar-refractivity contribution in [2.45, 2.75) is 70.1 Å². The lowest BCUT2D eigenvalue weighted by Gasteiger charge is -2.37. The number of pyridine rings is 1. The average Bonchev–Trinajstić information content (AvgIpc) is 2.82. The zero-order valence-corrected chi connectivity index (χ0v) is 14.5. The third kappa shape index (κ3) is 3.20. The molecule has 5 heteroatoms. The summed E-state index contributed by atoms with van der Waals surface area (Å²) < 4.78 is 0. The molecule has 1 aromatic rings. The highest BCUT2D eigenvalue weighted by atomic mass is 16.3. The van der Waals surface area contributed by atoms with Gasteiger partial charge in [0, 0.05) is 42.9 Å². The van der Waals surface area contributed by atoms with Crippen LogP contribution in [0.25, 0.3) is 0 Å². The normalized spacial score (nSPS) is 33.1. The largest absolute Gasteiger partial charge is 0.392 e. The van der Waals surface area contributed by atoms with Crippen LogP contribution < -0.4 is 5.73 Å². The number of likely N-dealkylation sites (tertiary alicyclic amines) is 1. The molecule has 4 atom stereocenters. The van der Waals surface area contributed by atoms with Gasteiger partial charge < -0.3 is 15.7 Å². The first-order chi connectivity index (χ1) is 11.6. The number of aliphatic hydroxyl groups excluding tert-OH is 1. The molecule has 0 radical (unpaired) electrons. The van der Waals surface area contributed by atoms with Crippen LogP contribution in [0.3, 0.4) is 0 Å². The Labute approximate surface area is 144 Å². The molecule has 1 saturated heterocycles. The molecule has 24 heavy (non-hydrogen) atoms. The Balaban J connectivity index is 1.75. The minimum Gasteiger partial charge on any atom is -0.392 e. The predicted octanol–water partition coefficient (Wildman–Crippen LogP) is 1.88. The van der Waals surface area contributed by atoms with Gasteiger partial charge in [0.25, 0.3) is 0 Å². The maximum absolute atomic E-state index is 13.0. The maximum Gasteiger partial charge on any atom is 0.223 e. The lowest BCUT2D eigenvalue weighted by atomic mass is 9.75. The van der Waals surface area contributed by atoms with Gasteiger partial charge in [0.1, 0.15) is 0 Å². The fourth-order valence-electron chi connectivity index (χ4n) is 4.65. The Kier molecular flexibility index (Phi) is 5.21. The monoisotopic (exact) mass is 331 g/mol. The Morgan fingerprint density at radius 2 is 2.25 bits per heavy atom. The van der Waals surface area contributed by atoms with Gasteiger partial charge in [-0.05, 0) is 37.3 Å². The zero-order valence-electron chi connectivity index (χ0n) is 14.5. The summed E-state index contributed by atoms with van der Waals surface area (Å²) in [6.07, 6.45) is 9.14. The number of hydrogen-bond acceptors (Lipinski definition) is 4. The van der Waals surface area contributed by atoms with E-state index in [1.807, 2.05) is 23.2 Å². The molecule has 1 saturated carbocycles. The summed E-state index contributed by atoms with van der Waals surface area (Å²) in [5.74, 6) is 0.164. The van der Waals surface area contributed by atoms with E-state index in [4.69, 9.17) is 5.73 Å². The standard InChI is InChI=1S/C19H29N3O2/c1-19-11-15(12-20)22(16(19)6-2-3-7-17(19)23)18(24)9-8-14-5-4-10-21-13-14/h4-5,10,13,15-17,23H,2-3,6-9,11-12,20H2,1H3/t15-,16-,17-,19-/m1/s1. The third-order valence-electron chi connectivity index (χ3n) is 6.04. The molecule has 1 amide bonds. The van der Waals surface area contributed by atoms with Crippen molar-refractivity contribution in [1.29, 1.82) is 0 Å². The van der Waals surface area contributed by atoms with Crippen molar-refractivity contribution in [2.75, 3.05) is 6.54 Å². The van der Waals surface area contributed by atoms with Crippen LogP contribution in [-0.2, 0) is 11.2 Å². The minimum atomic E-state index is -0.338. The molecular formula is C19H29N3O2. The first-order valence-corrected chi connectivity index (χ1v) is 9.14. The van der Waals surface area contributed by atoms with Crippen LogP contribution in [0.15, 0.2) is 24.5 Å². The Hall–Kier alpha value is -1.46. The van der Waals surface area contributed by atoms with Gasteiger partial charge in [-0.2, -0.15) is 0 Å². The van der Waals surface area contributed by atoms with Crippen LogP contribution in [0, 0.1) is 5.41 Å².